The second-order valence-electron chi connectivity index (χ2n) is 8.98. The smallest absolute Gasteiger partial charge is 0.335 e. The van der Waals surface area contributed by atoms with Crippen LogP contribution in [-0.4, -0.2) is 33.8 Å². The summed E-state index contributed by atoms with van der Waals surface area (Å²) in [6.07, 6.45) is 0. The van der Waals surface area contributed by atoms with Crippen LogP contribution in [0.4, 0.5) is 5.69 Å². The lowest BCUT2D eigenvalue weighted by atomic mass is 10.0. The molecule has 0 saturated heterocycles. The van der Waals surface area contributed by atoms with E-state index in [4.69, 9.17) is 21.1 Å². The zero-order chi connectivity index (χ0) is 26.4. The summed E-state index contributed by atoms with van der Waals surface area (Å²) in [6.45, 7) is 8.07. The summed E-state index contributed by atoms with van der Waals surface area (Å²) < 4.78 is 12.9. The molecule has 0 amide bonds. The Labute approximate surface area is 214 Å². The molecule has 0 aliphatic heterocycles. The van der Waals surface area contributed by atoms with E-state index in [1.54, 1.807) is 62.4 Å². The standard InChI is InChI=1S/C26H31ClN4O5/c1-16(2)15-36-22-12-10-21(11-13-22)28-24-29-25(33)31(18(4)17(3)23(32)35-5)26(34)30(24)14-19-6-8-20(27)9-7-19/h6-13,16-18H,14-15H2,1-5H3,(H,28,29,33)/t17-,18+/m1/s1. The molecule has 0 aliphatic rings. The van der Waals surface area contributed by atoms with Gasteiger partial charge in [-0.2, -0.15) is 0 Å². The van der Waals surface area contributed by atoms with Gasteiger partial charge in [0, 0.05) is 5.02 Å². The van der Waals surface area contributed by atoms with Crippen molar-refractivity contribution in [2.75, 3.05) is 13.7 Å². The van der Waals surface area contributed by atoms with Crippen LogP contribution in [0.25, 0.3) is 0 Å². The van der Waals surface area contributed by atoms with E-state index >= 15 is 0 Å². The number of methoxy groups -OCH3 is 1. The van der Waals surface area contributed by atoms with Crippen LogP contribution in [0.5, 0.6) is 5.75 Å². The molecular weight excluding hydrogens is 484 g/mol. The number of halogens is 1. The van der Waals surface area contributed by atoms with Gasteiger partial charge >= 0.3 is 17.3 Å². The molecule has 3 aromatic rings. The Bertz CT molecular complexity index is 1370. The number of hydrogen-bond acceptors (Lipinski definition) is 6. The van der Waals surface area contributed by atoms with Crippen molar-refractivity contribution in [3.05, 3.63) is 85.7 Å². The van der Waals surface area contributed by atoms with Crippen LogP contribution in [0.2, 0.25) is 5.02 Å². The Kier molecular flexibility index (Phi) is 8.93. The first kappa shape index (κ1) is 27.0. The van der Waals surface area contributed by atoms with E-state index in [9.17, 15) is 14.4 Å². The molecule has 36 heavy (non-hydrogen) atoms. The van der Waals surface area contributed by atoms with Crippen LogP contribution in [0.15, 0.2) is 63.1 Å². The molecule has 9 nitrogen and oxygen atoms in total. The summed E-state index contributed by atoms with van der Waals surface area (Å²) >= 11 is 6.01. The average molecular weight is 515 g/mol. The Morgan fingerprint density at radius 1 is 1.03 bits per heavy atom. The van der Waals surface area contributed by atoms with Crippen LogP contribution in [0, 0.1) is 11.8 Å². The first-order valence-electron chi connectivity index (χ1n) is 11.7. The van der Waals surface area contributed by atoms with Crippen molar-refractivity contribution in [2.45, 2.75) is 40.3 Å². The number of aromatic nitrogens is 3. The molecule has 2 atom stereocenters. The molecule has 1 heterocycles. The molecule has 0 radical (unpaired) electrons. The van der Waals surface area contributed by atoms with Gasteiger partial charge in [-0.25, -0.2) is 19.1 Å². The number of hydrogen-bond donors (Lipinski definition) is 1. The van der Waals surface area contributed by atoms with Crippen LogP contribution in [-0.2, 0) is 16.1 Å². The highest BCUT2D eigenvalue weighted by atomic mass is 35.5. The Balaban J connectivity index is 2.12. The van der Waals surface area contributed by atoms with Crippen molar-refractivity contribution in [2.24, 2.45) is 16.8 Å². The van der Waals surface area contributed by atoms with Crippen molar-refractivity contribution >= 4 is 23.3 Å². The molecule has 192 valence electrons. The minimum atomic E-state index is -0.753. The summed E-state index contributed by atoms with van der Waals surface area (Å²) in [7, 11) is 1.26. The second kappa shape index (κ2) is 11.9. The van der Waals surface area contributed by atoms with E-state index in [-0.39, 0.29) is 12.2 Å². The maximum atomic E-state index is 13.6. The Hall–Kier alpha value is -3.59. The molecule has 0 aliphatic carbocycles. The fourth-order valence-corrected chi connectivity index (χ4v) is 3.63. The van der Waals surface area contributed by atoms with Crippen LogP contribution < -0.4 is 21.7 Å². The van der Waals surface area contributed by atoms with Gasteiger partial charge < -0.3 is 9.47 Å². The fraction of sp³-hybridized carbons (Fsp3) is 0.385. The van der Waals surface area contributed by atoms with E-state index in [2.05, 4.69) is 23.8 Å². The topological polar surface area (TPSA) is 108 Å². The predicted molar refractivity (Wildman–Crippen MR) is 138 cm³/mol. The first-order valence-corrected chi connectivity index (χ1v) is 12.0. The number of carbonyl (C=O) groups excluding carboxylic acids is 1. The molecule has 0 saturated carbocycles. The second-order valence-corrected chi connectivity index (χ2v) is 9.42. The molecular formula is C26H31ClN4O5. The lowest BCUT2D eigenvalue weighted by Crippen LogP contribution is -2.52. The number of esters is 1. The van der Waals surface area contributed by atoms with Gasteiger partial charge in [0.25, 0.3) is 0 Å². The largest absolute Gasteiger partial charge is 0.493 e. The fourth-order valence-electron chi connectivity index (χ4n) is 3.50. The van der Waals surface area contributed by atoms with Crippen LogP contribution in [0.3, 0.4) is 0 Å². The summed E-state index contributed by atoms with van der Waals surface area (Å²) in [5.74, 6) is -0.154. The van der Waals surface area contributed by atoms with Crippen molar-refractivity contribution in [3.8, 4) is 5.75 Å². The van der Waals surface area contributed by atoms with Gasteiger partial charge in [0.15, 0.2) is 0 Å². The lowest BCUT2D eigenvalue weighted by Gasteiger charge is -2.20. The first-order chi connectivity index (χ1) is 17.1. The average Bonchev–Trinajstić information content (AvgIpc) is 2.85. The summed E-state index contributed by atoms with van der Waals surface area (Å²) in [4.78, 5) is 45.9. The molecule has 0 unspecified atom stereocenters. The molecule has 1 N–H and O–H groups in total. The van der Waals surface area contributed by atoms with Gasteiger partial charge in [-0.15, -0.1) is 0 Å². The summed E-state index contributed by atoms with van der Waals surface area (Å²) in [6, 6.07) is 13.3. The minimum absolute atomic E-state index is 0.0740. The maximum Gasteiger partial charge on any atom is 0.335 e. The van der Waals surface area contributed by atoms with Gasteiger partial charge in [-0.05, 0) is 61.7 Å². The number of H-pyrrole nitrogens is 1. The van der Waals surface area contributed by atoms with E-state index in [1.165, 1.54) is 11.7 Å². The monoisotopic (exact) mass is 514 g/mol. The lowest BCUT2D eigenvalue weighted by molar-refractivity contribution is -0.146. The van der Waals surface area contributed by atoms with Gasteiger partial charge in [-0.3, -0.25) is 14.3 Å². The number of nitrogens with one attached hydrogen (secondary N) is 1. The van der Waals surface area contributed by atoms with Crippen LogP contribution in [0.1, 0.15) is 39.3 Å². The van der Waals surface area contributed by atoms with Crippen molar-refractivity contribution in [1.29, 1.82) is 0 Å². The Morgan fingerprint density at radius 3 is 2.25 bits per heavy atom. The molecule has 3 rings (SSSR count). The molecule has 2 aromatic carbocycles. The minimum Gasteiger partial charge on any atom is -0.493 e. The van der Waals surface area contributed by atoms with E-state index in [0.717, 1.165) is 10.1 Å². The van der Waals surface area contributed by atoms with Crippen molar-refractivity contribution < 1.29 is 14.3 Å². The third-order valence-corrected chi connectivity index (χ3v) is 6.00. The van der Waals surface area contributed by atoms with Crippen LogP contribution >= 0.6 is 11.6 Å². The van der Waals surface area contributed by atoms with Gasteiger partial charge in [-0.1, -0.05) is 37.6 Å². The van der Waals surface area contributed by atoms with Crippen molar-refractivity contribution in [1.82, 2.24) is 14.1 Å². The highest BCUT2D eigenvalue weighted by molar-refractivity contribution is 6.30. The van der Waals surface area contributed by atoms with E-state index in [0.29, 0.717) is 29.0 Å². The number of carbonyl (C=O) groups is 1. The van der Waals surface area contributed by atoms with E-state index < -0.39 is 29.3 Å². The summed E-state index contributed by atoms with van der Waals surface area (Å²) in [5.41, 5.74) is 0.104. The van der Waals surface area contributed by atoms with Gasteiger partial charge in [0.2, 0.25) is 5.62 Å². The van der Waals surface area contributed by atoms with E-state index in [1.807, 2.05) is 0 Å². The Morgan fingerprint density at radius 2 is 1.67 bits per heavy atom. The van der Waals surface area contributed by atoms with Gasteiger partial charge in [0.1, 0.15) is 5.75 Å². The number of aromatic amines is 1. The highest BCUT2D eigenvalue weighted by Gasteiger charge is 2.26. The normalized spacial score (nSPS) is 13.5. The predicted octanol–water partition coefficient (Wildman–Crippen LogP) is 3.68. The number of rotatable bonds is 9. The zero-order valence-electron chi connectivity index (χ0n) is 21.0. The molecule has 0 fully saturated rings. The molecule has 10 heteroatoms. The third-order valence-electron chi connectivity index (χ3n) is 5.74. The third kappa shape index (κ3) is 6.54. The number of ether oxygens (including phenoxy) is 2. The highest BCUT2D eigenvalue weighted by Crippen LogP contribution is 2.18. The quantitative estimate of drug-likeness (QED) is 0.438. The van der Waals surface area contributed by atoms with Crippen molar-refractivity contribution in [3.63, 3.8) is 0 Å². The maximum absolute atomic E-state index is 13.6. The van der Waals surface area contributed by atoms with Gasteiger partial charge in [0.05, 0.1) is 37.9 Å². The molecule has 1 aromatic heterocycles. The molecule has 0 bridgehead atoms. The summed E-state index contributed by atoms with van der Waals surface area (Å²) in [5, 5.41) is 0.563. The number of benzene rings is 2. The molecule has 0 spiro atoms. The zero-order valence-corrected chi connectivity index (χ0v) is 21.8. The number of nitrogens with zero attached hydrogens (tertiary/aromatic N) is 3. The SMILES string of the molecule is COC(=O)[C@H](C)[C@H](C)n1c(=O)[nH]/c(=N\c2ccc(OCC(C)C)cc2)n(Cc2ccc(Cl)cc2)c1=O.